The number of H-pyrrole nitrogens is 1. The number of aromatic amines is 1. The molecule has 1 aromatic heterocycles. The van der Waals surface area contributed by atoms with E-state index in [0.29, 0.717) is 0 Å². The van der Waals surface area contributed by atoms with Crippen LogP contribution >= 0.6 is 11.6 Å². The van der Waals surface area contributed by atoms with Crippen molar-refractivity contribution in [2.45, 2.75) is 19.5 Å². The van der Waals surface area contributed by atoms with Crippen LogP contribution in [0.2, 0.25) is 5.02 Å². The van der Waals surface area contributed by atoms with E-state index in [1.54, 1.807) is 0 Å². The van der Waals surface area contributed by atoms with E-state index < -0.39 is 0 Å². The second-order valence-electron chi connectivity index (χ2n) is 4.98. The first kappa shape index (κ1) is 13.2. The van der Waals surface area contributed by atoms with Gasteiger partial charge in [0.25, 0.3) is 0 Å². The number of hydrogen-bond acceptors (Lipinski definition) is 1. The van der Waals surface area contributed by atoms with Crippen molar-refractivity contribution in [3.63, 3.8) is 0 Å². The van der Waals surface area contributed by atoms with E-state index in [2.05, 4.69) is 47.6 Å². The molecule has 1 heterocycles. The second-order valence-corrected chi connectivity index (χ2v) is 5.39. The van der Waals surface area contributed by atoms with Crippen LogP contribution < -0.4 is 5.32 Å². The second kappa shape index (κ2) is 5.70. The van der Waals surface area contributed by atoms with Crippen LogP contribution in [0.4, 0.5) is 0 Å². The zero-order chi connectivity index (χ0) is 13.9. The molecule has 0 fully saturated rings. The molecule has 102 valence electrons. The molecular formula is C17H17ClN2. The number of nitrogens with one attached hydrogen (secondary N) is 2. The standard InChI is InChI=1S/C17H17ClN2/c1-12(14-6-2-3-7-16(14)18)20-11-13-5-4-8-17-15(13)9-10-19-17/h2-10,12,19-20H,11H2,1H3/t12-/m0/s1. The summed E-state index contributed by atoms with van der Waals surface area (Å²) >= 11 is 6.23. The topological polar surface area (TPSA) is 27.8 Å². The molecule has 0 saturated carbocycles. The highest BCUT2D eigenvalue weighted by molar-refractivity contribution is 6.31. The van der Waals surface area contributed by atoms with E-state index in [9.17, 15) is 0 Å². The van der Waals surface area contributed by atoms with E-state index in [1.165, 1.54) is 16.5 Å². The summed E-state index contributed by atoms with van der Waals surface area (Å²) in [6, 6.07) is 16.6. The van der Waals surface area contributed by atoms with Gasteiger partial charge in [-0.05, 0) is 36.2 Å². The molecule has 0 saturated heterocycles. The van der Waals surface area contributed by atoms with E-state index >= 15 is 0 Å². The van der Waals surface area contributed by atoms with Crippen LogP contribution in [0.1, 0.15) is 24.1 Å². The number of aromatic nitrogens is 1. The predicted molar refractivity (Wildman–Crippen MR) is 85.0 cm³/mol. The first-order valence-electron chi connectivity index (χ1n) is 6.78. The van der Waals surface area contributed by atoms with Crippen LogP contribution in [0.3, 0.4) is 0 Å². The molecule has 3 rings (SSSR count). The summed E-state index contributed by atoms with van der Waals surface area (Å²) in [7, 11) is 0. The molecular weight excluding hydrogens is 268 g/mol. The third kappa shape index (κ3) is 2.58. The van der Waals surface area contributed by atoms with Gasteiger partial charge in [-0.2, -0.15) is 0 Å². The number of halogens is 1. The van der Waals surface area contributed by atoms with E-state index in [-0.39, 0.29) is 6.04 Å². The molecule has 0 aliphatic heterocycles. The number of benzene rings is 2. The minimum absolute atomic E-state index is 0.220. The summed E-state index contributed by atoms with van der Waals surface area (Å²) in [5.41, 5.74) is 3.60. The maximum absolute atomic E-state index is 6.23. The Hall–Kier alpha value is -1.77. The van der Waals surface area contributed by atoms with Gasteiger partial charge < -0.3 is 10.3 Å². The Morgan fingerprint density at radius 1 is 1.10 bits per heavy atom. The predicted octanol–water partition coefficient (Wildman–Crippen LogP) is 4.67. The van der Waals surface area contributed by atoms with Crippen molar-refractivity contribution >= 4 is 22.5 Å². The summed E-state index contributed by atoms with van der Waals surface area (Å²) in [5, 5.41) is 5.62. The fraction of sp³-hybridized carbons (Fsp3) is 0.176. The van der Waals surface area contributed by atoms with Crippen molar-refractivity contribution in [2.24, 2.45) is 0 Å². The lowest BCUT2D eigenvalue weighted by atomic mass is 10.1. The molecule has 0 spiro atoms. The summed E-state index contributed by atoms with van der Waals surface area (Å²) in [5.74, 6) is 0. The SMILES string of the molecule is C[C@H](NCc1cccc2[nH]ccc12)c1ccccc1Cl. The highest BCUT2D eigenvalue weighted by Crippen LogP contribution is 2.23. The molecule has 0 amide bonds. The number of rotatable bonds is 4. The van der Waals surface area contributed by atoms with Crippen LogP contribution in [-0.4, -0.2) is 4.98 Å². The fourth-order valence-corrected chi connectivity index (χ4v) is 2.80. The fourth-order valence-electron chi connectivity index (χ4n) is 2.50. The van der Waals surface area contributed by atoms with Gasteiger partial charge in [0.1, 0.15) is 0 Å². The molecule has 0 aliphatic rings. The molecule has 2 nitrogen and oxygen atoms in total. The van der Waals surface area contributed by atoms with E-state index in [4.69, 9.17) is 11.6 Å². The molecule has 0 unspecified atom stereocenters. The Morgan fingerprint density at radius 3 is 2.80 bits per heavy atom. The number of hydrogen-bond donors (Lipinski definition) is 2. The van der Waals surface area contributed by atoms with Crippen LogP contribution in [0.25, 0.3) is 10.9 Å². The molecule has 2 aromatic carbocycles. The minimum atomic E-state index is 0.220. The smallest absolute Gasteiger partial charge is 0.0457 e. The van der Waals surface area contributed by atoms with Gasteiger partial charge in [-0.15, -0.1) is 0 Å². The first-order valence-corrected chi connectivity index (χ1v) is 7.16. The van der Waals surface area contributed by atoms with Gasteiger partial charge in [-0.3, -0.25) is 0 Å². The van der Waals surface area contributed by atoms with Gasteiger partial charge in [-0.1, -0.05) is 41.9 Å². The molecule has 2 N–H and O–H groups in total. The summed E-state index contributed by atoms with van der Waals surface area (Å²) in [6.45, 7) is 2.96. The van der Waals surface area contributed by atoms with Crippen molar-refractivity contribution in [2.75, 3.05) is 0 Å². The molecule has 0 radical (unpaired) electrons. The average molecular weight is 285 g/mol. The third-order valence-electron chi connectivity index (χ3n) is 3.66. The van der Waals surface area contributed by atoms with Crippen molar-refractivity contribution in [3.8, 4) is 0 Å². The van der Waals surface area contributed by atoms with Gasteiger partial charge in [0.2, 0.25) is 0 Å². The lowest BCUT2D eigenvalue weighted by Crippen LogP contribution is -2.18. The van der Waals surface area contributed by atoms with Gasteiger partial charge in [0, 0.05) is 34.7 Å². The average Bonchev–Trinajstić information content (AvgIpc) is 2.94. The normalized spacial score (nSPS) is 12.7. The zero-order valence-electron chi connectivity index (χ0n) is 11.4. The van der Waals surface area contributed by atoms with Crippen molar-refractivity contribution in [1.29, 1.82) is 0 Å². The summed E-state index contributed by atoms with van der Waals surface area (Å²) in [4.78, 5) is 3.24. The first-order chi connectivity index (χ1) is 9.75. The zero-order valence-corrected chi connectivity index (χ0v) is 12.1. The molecule has 3 aromatic rings. The van der Waals surface area contributed by atoms with Crippen LogP contribution in [0.15, 0.2) is 54.7 Å². The molecule has 1 atom stereocenters. The lowest BCUT2D eigenvalue weighted by molar-refractivity contribution is 0.576. The van der Waals surface area contributed by atoms with Gasteiger partial charge in [0.05, 0.1) is 0 Å². The van der Waals surface area contributed by atoms with Crippen molar-refractivity contribution < 1.29 is 0 Å². The maximum atomic E-state index is 6.23. The van der Waals surface area contributed by atoms with Crippen LogP contribution in [-0.2, 0) is 6.54 Å². The van der Waals surface area contributed by atoms with Gasteiger partial charge >= 0.3 is 0 Å². The maximum Gasteiger partial charge on any atom is 0.0457 e. The third-order valence-corrected chi connectivity index (χ3v) is 4.00. The minimum Gasteiger partial charge on any atom is -0.361 e. The molecule has 0 bridgehead atoms. The number of fused-ring (bicyclic) bond motifs is 1. The monoisotopic (exact) mass is 284 g/mol. The molecule has 0 aliphatic carbocycles. The van der Waals surface area contributed by atoms with Crippen LogP contribution in [0, 0.1) is 0 Å². The van der Waals surface area contributed by atoms with Crippen molar-refractivity contribution in [1.82, 2.24) is 10.3 Å². The Labute approximate surface area is 123 Å². The Balaban J connectivity index is 1.76. The van der Waals surface area contributed by atoms with Gasteiger partial charge in [0.15, 0.2) is 0 Å². The molecule has 20 heavy (non-hydrogen) atoms. The lowest BCUT2D eigenvalue weighted by Gasteiger charge is -2.16. The summed E-state index contributed by atoms with van der Waals surface area (Å²) in [6.07, 6.45) is 1.98. The van der Waals surface area contributed by atoms with E-state index in [1.807, 2.05) is 24.4 Å². The van der Waals surface area contributed by atoms with Gasteiger partial charge in [-0.25, -0.2) is 0 Å². The Bertz CT molecular complexity index is 718. The van der Waals surface area contributed by atoms with E-state index in [0.717, 1.165) is 17.1 Å². The Kier molecular flexibility index (Phi) is 3.77. The highest BCUT2D eigenvalue weighted by Gasteiger charge is 2.09. The highest BCUT2D eigenvalue weighted by atomic mass is 35.5. The Morgan fingerprint density at radius 2 is 1.95 bits per heavy atom. The van der Waals surface area contributed by atoms with Crippen LogP contribution in [0.5, 0.6) is 0 Å². The largest absolute Gasteiger partial charge is 0.361 e. The summed E-state index contributed by atoms with van der Waals surface area (Å²) < 4.78 is 0. The molecule has 3 heteroatoms. The van der Waals surface area contributed by atoms with Crippen molar-refractivity contribution in [3.05, 3.63) is 70.9 Å². The quantitative estimate of drug-likeness (QED) is 0.716.